The third-order valence-corrected chi connectivity index (χ3v) is 2.44. The van der Waals surface area contributed by atoms with Crippen molar-refractivity contribution in [3.05, 3.63) is 0 Å². The van der Waals surface area contributed by atoms with Crippen LogP contribution in [-0.4, -0.2) is 47.5 Å². The molecule has 8 heteroatoms. The van der Waals surface area contributed by atoms with Gasteiger partial charge in [0.25, 0.3) is 0 Å². The molecule has 112 valence electrons. The van der Waals surface area contributed by atoms with Crippen molar-refractivity contribution in [3.63, 3.8) is 0 Å². The maximum absolute atomic E-state index is 10.9. The molecule has 0 aliphatic heterocycles. The molecule has 1 heterocycles. The fraction of sp³-hybridized carbons (Fsp3) is 0.667. The fourth-order valence-corrected chi connectivity index (χ4v) is 1.52. The molecular formula is C12H23N7O. The van der Waals surface area contributed by atoms with Crippen LogP contribution < -0.4 is 21.3 Å². The number of nitrogens with one attached hydrogen (secondary N) is 2. The van der Waals surface area contributed by atoms with Crippen LogP contribution in [-0.2, 0) is 4.79 Å². The third-order valence-electron chi connectivity index (χ3n) is 2.44. The molecule has 4 N–H and O–H groups in total. The highest BCUT2D eigenvalue weighted by atomic mass is 16.1. The average Bonchev–Trinajstić information content (AvgIpc) is 2.34. The van der Waals surface area contributed by atoms with Crippen LogP contribution in [0.15, 0.2) is 0 Å². The minimum atomic E-state index is -0.365. The number of nitrogens with zero attached hydrogens (tertiary/aromatic N) is 4. The van der Waals surface area contributed by atoms with Gasteiger partial charge in [-0.25, -0.2) is 0 Å². The van der Waals surface area contributed by atoms with Crippen molar-refractivity contribution >= 4 is 23.8 Å². The summed E-state index contributed by atoms with van der Waals surface area (Å²) in [6.07, 6.45) is 1.20. The molecule has 1 atom stereocenters. The zero-order valence-electron chi connectivity index (χ0n) is 12.5. The van der Waals surface area contributed by atoms with Gasteiger partial charge in [0, 0.05) is 33.1 Å². The lowest BCUT2D eigenvalue weighted by atomic mass is 10.2. The number of primary amides is 1. The van der Waals surface area contributed by atoms with E-state index < -0.39 is 0 Å². The van der Waals surface area contributed by atoms with Gasteiger partial charge in [0.1, 0.15) is 0 Å². The highest BCUT2D eigenvalue weighted by Crippen LogP contribution is 2.12. The summed E-state index contributed by atoms with van der Waals surface area (Å²) in [6.45, 7) is 4.70. The van der Waals surface area contributed by atoms with Crippen LogP contribution in [0.2, 0.25) is 0 Å². The number of aromatic nitrogens is 3. The summed E-state index contributed by atoms with van der Waals surface area (Å²) in [7, 11) is 3.71. The second-order valence-electron chi connectivity index (χ2n) is 4.82. The van der Waals surface area contributed by atoms with E-state index in [9.17, 15) is 4.79 Å². The summed E-state index contributed by atoms with van der Waals surface area (Å²) in [5.41, 5.74) is 5.17. The van der Waals surface area contributed by atoms with Crippen LogP contribution in [0.1, 0.15) is 26.7 Å². The summed E-state index contributed by atoms with van der Waals surface area (Å²) in [6, 6.07) is -0.135. The number of carbonyl (C=O) groups excluding carboxylic acids is 1. The monoisotopic (exact) mass is 281 g/mol. The van der Waals surface area contributed by atoms with E-state index in [0.29, 0.717) is 17.8 Å². The summed E-state index contributed by atoms with van der Waals surface area (Å²) >= 11 is 0. The SMILES string of the molecule is CCCNc1nc(NC(C)CC(N)=O)nc(N(C)C)n1. The Kier molecular flexibility index (Phi) is 5.95. The second kappa shape index (κ2) is 7.46. The molecule has 20 heavy (non-hydrogen) atoms. The summed E-state index contributed by atoms with van der Waals surface area (Å²) in [4.78, 5) is 25.6. The van der Waals surface area contributed by atoms with Gasteiger partial charge < -0.3 is 21.3 Å². The van der Waals surface area contributed by atoms with E-state index in [2.05, 4.69) is 32.5 Å². The largest absolute Gasteiger partial charge is 0.370 e. The minimum Gasteiger partial charge on any atom is -0.370 e. The number of hydrogen-bond donors (Lipinski definition) is 3. The predicted molar refractivity (Wildman–Crippen MR) is 79.8 cm³/mol. The van der Waals surface area contributed by atoms with E-state index in [0.717, 1.165) is 13.0 Å². The Morgan fingerprint density at radius 1 is 1.30 bits per heavy atom. The predicted octanol–water partition coefficient (Wildman–Crippen LogP) is 0.435. The number of hydrogen-bond acceptors (Lipinski definition) is 7. The van der Waals surface area contributed by atoms with Gasteiger partial charge in [-0.3, -0.25) is 4.79 Å². The number of rotatable bonds is 8. The normalized spacial score (nSPS) is 11.8. The molecule has 1 amide bonds. The molecule has 0 aliphatic rings. The van der Waals surface area contributed by atoms with Crippen LogP contribution in [0, 0.1) is 0 Å². The molecule has 0 fully saturated rings. The maximum Gasteiger partial charge on any atom is 0.231 e. The molecule has 0 saturated carbocycles. The van der Waals surface area contributed by atoms with Crippen LogP contribution in [0.25, 0.3) is 0 Å². The van der Waals surface area contributed by atoms with Crippen molar-refractivity contribution < 1.29 is 4.79 Å². The lowest BCUT2D eigenvalue weighted by molar-refractivity contribution is -0.118. The van der Waals surface area contributed by atoms with E-state index in [1.807, 2.05) is 21.0 Å². The van der Waals surface area contributed by atoms with Crippen molar-refractivity contribution in [3.8, 4) is 0 Å². The Labute approximate surface area is 119 Å². The third kappa shape index (κ3) is 5.25. The molecule has 0 bridgehead atoms. The average molecular weight is 281 g/mol. The molecule has 0 spiro atoms. The van der Waals surface area contributed by atoms with Crippen molar-refractivity contribution in [2.75, 3.05) is 36.2 Å². The highest BCUT2D eigenvalue weighted by molar-refractivity contribution is 5.74. The molecule has 0 aliphatic carbocycles. The number of anilines is 3. The zero-order chi connectivity index (χ0) is 15.1. The minimum absolute atomic E-state index is 0.135. The van der Waals surface area contributed by atoms with Gasteiger partial charge in [0.15, 0.2) is 0 Å². The number of nitrogens with two attached hydrogens (primary N) is 1. The second-order valence-corrected chi connectivity index (χ2v) is 4.82. The number of amides is 1. The summed E-state index contributed by atoms with van der Waals surface area (Å²) < 4.78 is 0. The smallest absolute Gasteiger partial charge is 0.231 e. The van der Waals surface area contributed by atoms with Crippen LogP contribution in [0.5, 0.6) is 0 Å². The van der Waals surface area contributed by atoms with E-state index in [1.165, 1.54) is 0 Å². The van der Waals surface area contributed by atoms with Crippen molar-refractivity contribution in [1.82, 2.24) is 15.0 Å². The Morgan fingerprint density at radius 2 is 1.95 bits per heavy atom. The first-order valence-electron chi connectivity index (χ1n) is 6.64. The van der Waals surface area contributed by atoms with Gasteiger partial charge in [-0.1, -0.05) is 6.92 Å². The Balaban J connectivity index is 2.87. The van der Waals surface area contributed by atoms with Crippen LogP contribution in [0.4, 0.5) is 17.8 Å². The molecule has 1 rings (SSSR count). The van der Waals surface area contributed by atoms with Gasteiger partial charge in [-0.05, 0) is 13.3 Å². The Bertz CT molecular complexity index is 449. The Hall–Kier alpha value is -2.12. The first kappa shape index (κ1) is 15.9. The topological polar surface area (TPSA) is 109 Å². The van der Waals surface area contributed by atoms with E-state index in [1.54, 1.807) is 4.90 Å². The molecule has 0 saturated heterocycles. The lowest BCUT2D eigenvalue weighted by Gasteiger charge is -2.16. The van der Waals surface area contributed by atoms with Gasteiger partial charge in [-0.2, -0.15) is 15.0 Å². The fourth-order valence-electron chi connectivity index (χ4n) is 1.52. The molecule has 1 aromatic rings. The van der Waals surface area contributed by atoms with E-state index >= 15 is 0 Å². The van der Waals surface area contributed by atoms with E-state index in [-0.39, 0.29) is 18.4 Å². The van der Waals surface area contributed by atoms with Crippen molar-refractivity contribution in [1.29, 1.82) is 0 Å². The van der Waals surface area contributed by atoms with Gasteiger partial charge in [0.05, 0.1) is 0 Å². The van der Waals surface area contributed by atoms with Gasteiger partial charge in [0.2, 0.25) is 23.8 Å². The highest BCUT2D eigenvalue weighted by Gasteiger charge is 2.11. The molecule has 1 unspecified atom stereocenters. The quantitative estimate of drug-likeness (QED) is 0.634. The van der Waals surface area contributed by atoms with Crippen molar-refractivity contribution in [2.24, 2.45) is 5.73 Å². The van der Waals surface area contributed by atoms with Gasteiger partial charge in [-0.15, -0.1) is 0 Å². The lowest BCUT2D eigenvalue weighted by Crippen LogP contribution is -2.26. The van der Waals surface area contributed by atoms with E-state index in [4.69, 9.17) is 5.73 Å². The molecule has 8 nitrogen and oxygen atoms in total. The molecule has 0 radical (unpaired) electrons. The molecule has 0 aromatic carbocycles. The maximum atomic E-state index is 10.9. The zero-order valence-corrected chi connectivity index (χ0v) is 12.5. The first-order chi connectivity index (χ1) is 9.42. The van der Waals surface area contributed by atoms with Gasteiger partial charge >= 0.3 is 0 Å². The first-order valence-corrected chi connectivity index (χ1v) is 6.64. The van der Waals surface area contributed by atoms with Crippen LogP contribution >= 0.6 is 0 Å². The molecule has 1 aromatic heterocycles. The van der Waals surface area contributed by atoms with Crippen LogP contribution in [0.3, 0.4) is 0 Å². The standard InChI is InChI=1S/C12H23N7O/c1-5-6-14-10-16-11(15-8(2)7-9(13)20)18-12(17-10)19(3)4/h8H,5-7H2,1-4H3,(H2,13,20)(H2,14,15,16,17,18). The summed E-state index contributed by atoms with van der Waals surface area (Å²) in [5.74, 6) is 1.12. The van der Waals surface area contributed by atoms with Crippen molar-refractivity contribution in [2.45, 2.75) is 32.7 Å². The number of carbonyl (C=O) groups is 1. The molecular weight excluding hydrogens is 258 g/mol. The summed E-state index contributed by atoms with van der Waals surface area (Å²) in [5, 5.41) is 6.18. The Morgan fingerprint density at radius 3 is 2.50 bits per heavy atom.